The molecule has 126 valence electrons. The highest BCUT2D eigenvalue weighted by atomic mass is 16.5. The molecule has 0 spiro atoms. The van der Waals surface area contributed by atoms with Gasteiger partial charge in [0.2, 0.25) is 5.89 Å². The van der Waals surface area contributed by atoms with Crippen molar-refractivity contribution in [1.82, 2.24) is 15.0 Å². The van der Waals surface area contributed by atoms with Gasteiger partial charge in [-0.1, -0.05) is 62.3 Å². The Morgan fingerprint density at radius 2 is 1.79 bits per heavy atom. The second kappa shape index (κ2) is 6.36. The van der Waals surface area contributed by atoms with Crippen LogP contribution in [0.25, 0.3) is 10.8 Å². The largest absolute Gasteiger partial charge is 0.338 e. The van der Waals surface area contributed by atoms with Crippen molar-refractivity contribution in [3.05, 3.63) is 59.7 Å². The van der Waals surface area contributed by atoms with Crippen LogP contribution >= 0.6 is 0 Å². The number of hydrogen-bond donors (Lipinski definition) is 0. The lowest BCUT2D eigenvalue weighted by atomic mass is 9.96. The highest BCUT2D eigenvalue weighted by Gasteiger charge is 2.24. The summed E-state index contributed by atoms with van der Waals surface area (Å²) >= 11 is 0. The summed E-state index contributed by atoms with van der Waals surface area (Å²) in [6.07, 6.45) is 0. The first kappa shape index (κ1) is 16.7. The standard InChI is InChI=1S/C20H25N3O/c1-14(18-21-19(22-24-18)20(2,3)4)23(5)13-15-10-11-16-8-6-7-9-17(16)12-15/h6-12,14H,13H2,1-5H3/t14-/m0/s1. The molecule has 1 aromatic heterocycles. The van der Waals surface area contributed by atoms with E-state index in [0.717, 1.165) is 12.4 Å². The fourth-order valence-corrected chi connectivity index (χ4v) is 2.66. The molecule has 0 aliphatic carbocycles. The van der Waals surface area contributed by atoms with Gasteiger partial charge in [-0.05, 0) is 36.4 Å². The Bertz CT molecular complexity index is 832. The number of rotatable bonds is 4. The quantitative estimate of drug-likeness (QED) is 0.697. The lowest BCUT2D eigenvalue weighted by Crippen LogP contribution is -2.22. The number of hydrogen-bond acceptors (Lipinski definition) is 4. The summed E-state index contributed by atoms with van der Waals surface area (Å²) in [6, 6.07) is 15.1. The van der Waals surface area contributed by atoms with E-state index < -0.39 is 0 Å². The Hall–Kier alpha value is -2.20. The van der Waals surface area contributed by atoms with E-state index in [0.29, 0.717) is 5.89 Å². The molecule has 0 saturated carbocycles. The monoisotopic (exact) mass is 323 g/mol. The van der Waals surface area contributed by atoms with Gasteiger partial charge < -0.3 is 4.52 Å². The molecule has 4 nitrogen and oxygen atoms in total. The van der Waals surface area contributed by atoms with E-state index in [4.69, 9.17) is 4.52 Å². The van der Waals surface area contributed by atoms with Gasteiger partial charge in [-0.3, -0.25) is 4.90 Å². The van der Waals surface area contributed by atoms with Crippen LogP contribution in [0.5, 0.6) is 0 Å². The molecule has 2 aromatic carbocycles. The molecule has 0 N–H and O–H groups in total. The number of nitrogens with zero attached hydrogens (tertiary/aromatic N) is 3. The molecule has 3 aromatic rings. The summed E-state index contributed by atoms with van der Waals surface area (Å²) in [5, 5.41) is 6.66. The molecule has 1 atom stereocenters. The maximum atomic E-state index is 5.48. The van der Waals surface area contributed by atoms with E-state index >= 15 is 0 Å². The van der Waals surface area contributed by atoms with E-state index in [-0.39, 0.29) is 11.5 Å². The average molecular weight is 323 g/mol. The van der Waals surface area contributed by atoms with Gasteiger partial charge >= 0.3 is 0 Å². The van der Waals surface area contributed by atoms with Gasteiger partial charge in [-0.2, -0.15) is 4.98 Å². The van der Waals surface area contributed by atoms with Crippen molar-refractivity contribution in [3.63, 3.8) is 0 Å². The van der Waals surface area contributed by atoms with Crippen LogP contribution in [0.3, 0.4) is 0 Å². The third-order valence-electron chi connectivity index (χ3n) is 4.38. The minimum absolute atomic E-state index is 0.0695. The molecule has 0 radical (unpaired) electrons. The summed E-state index contributed by atoms with van der Waals surface area (Å²) in [5.74, 6) is 1.42. The van der Waals surface area contributed by atoms with Crippen molar-refractivity contribution < 1.29 is 4.52 Å². The second-order valence-corrected chi connectivity index (χ2v) is 7.48. The topological polar surface area (TPSA) is 42.2 Å². The van der Waals surface area contributed by atoms with Crippen LogP contribution in [0.2, 0.25) is 0 Å². The lowest BCUT2D eigenvalue weighted by Gasteiger charge is -2.22. The van der Waals surface area contributed by atoms with Gasteiger partial charge in [-0.25, -0.2) is 0 Å². The molecule has 1 heterocycles. The van der Waals surface area contributed by atoms with E-state index in [2.05, 4.69) is 92.2 Å². The van der Waals surface area contributed by atoms with Crippen LogP contribution in [-0.4, -0.2) is 22.1 Å². The summed E-state index contributed by atoms with van der Waals surface area (Å²) < 4.78 is 5.48. The second-order valence-electron chi connectivity index (χ2n) is 7.48. The molecule has 0 fully saturated rings. The van der Waals surface area contributed by atoms with Crippen LogP contribution in [0, 0.1) is 0 Å². The molecule has 24 heavy (non-hydrogen) atoms. The van der Waals surface area contributed by atoms with Crippen LogP contribution < -0.4 is 0 Å². The Kier molecular flexibility index (Phi) is 4.41. The van der Waals surface area contributed by atoms with Crippen LogP contribution in [0.1, 0.15) is 51.0 Å². The van der Waals surface area contributed by atoms with Crippen molar-refractivity contribution in [2.45, 2.75) is 45.7 Å². The smallest absolute Gasteiger partial charge is 0.243 e. The van der Waals surface area contributed by atoms with Crippen molar-refractivity contribution >= 4 is 10.8 Å². The fraction of sp³-hybridized carbons (Fsp3) is 0.400. The predicted molar refractivity (Wildman–Crippen MR) is 96.8 cm³/mol. The van der Waals surface area contributed by atoms with E-state index in [9.17, 15) is 0 Å². The van der Waals surface area contributed by atoms with Gasteiger partial charge in [0.25, 0.3) is 0 Å². The first-order valence-corrected chi connectivity index (χ1v) is 8.36. The molecule has 0 aliphatic heterocycles. The first-order valence-electron chi connectivity index (χ1n) is 8.36. The van der Waals surface area contributed by atoms with Crippen molar-refractivity contribution in [1.29, 1.82) is 0 Å². The molecule has 0 aliphatic rings. The van der Waals surface area contributed by atoms with Crippen LogP contribution in [0.15, 0.2) is 47.0 Å². The van der Waals surface area contributed by atoms with Crippen LogP contribution in [-0.2, 0) is 12.0 Å². The summed E-state index contributed by atoms with van der Waals surface area (Å²) in [4.78, 5) is 6.80. The van der Waals surface area contributed by atoms with Crippen LogP contribution in [0.4, 0.5) is 0 Å². The van der Waals surface area contributed by atoms with Crippen molar-refractivity contribution in [2.24, 2.45) is 0 Å². The van der Waals surface area contributed by atoms with Gasteiger partial charge in [0, 0.05) is 12.0 Å². The maximum absolute atomic E-state index is 5.48. The van der Waals surface area contributed by atoms with Gasteiger partial charge in [-0.15, -0.1) is 0 Å². The Morgan fingerprint density at radius 1 is 1.08 bits per heavy atom. The molecular formula is C20H25N3O. The maximum Gasteiger partial charge on any atom is 0.243 e. The molecule has 0 saturated heterocycles. The van der Waals surface area contributed by atoms with E-state index in [1.165, 1.54) is 16.3 Å². The summed E-state index contributed by atoms with van der Waals surface area (Å²) in [5.41, 5.74) is 1.18. The highest BCUT2D eigenvalue weighted by Crippen LogP contribution is 2.24. The minimum atomic E-state index is -0.0988. The lowest BCUT2D eigenvalue weighted by molar-refractivity contribution is 0.202. The molecule has 0 unspecified atom stereocenters. The Balaban J connectivity index is 1.75. The van der Waals surface area contributed by atoms with Gasteiger partial charge in [0.1, 0.15) is 0 Å². The third kappa shape index (κ3) is 3.49. The molecular weight excluding hydrogens is 298 g/mol. The van der Waals surface area contributed by atoms with E-state index in [1.807, 2.05) is 0 Å². The summed E-state index contributed by atoms with van der Waals surface area (Å²) in [7, 11) is 2.08. The molecule has 0 amide bonds. The zero-order valence-electron chi connectivity index (χ0n) is 15.1. The normalized spacial score (nSPS) is 13.6. The van der Waals surface area contributed by atoms with Crippen molar-refractivity contribution in [3.8, 4) is 0 Å². The molecule has 3 rings (SSSR count). The van der Waals surface area contributed by atoms with E-state index in [1.54, 1.807) is 0 Å². The predicted octanol–water partition coefficient (Wildman–Crippen LogP) is 4.71. The Labute approximate surface area is 143 Å². The molecule has 4 heteroatoms. The number of aromatic nitrogens is 2. The molecule has 0 bridgehead atoms. The third-order valence-corrected chi connectivity index (χ3v) is 4.38. The SMILES string of the molecule is C[C@@H](c1nc(C(C)(C)C)no1)N(C)Cc1ccc2ccccc2c1. The minimum Gasteiger partial charge on any atom is -0.338 e. The Morgan fingerprint density at radius 3 is 2.46 bits per heavy atom. The number of fused-ring (bicyclic) bond motifs is 1. The van der Waals surface area contributed by atoms with Crippen molar-refractivity contribution in [2.75, 3.05) is 7.05 Å². The summed E-state index contributed by atoms with van der Waals surface area (Å²) in [6.45, 7) is 9.20. The van der Waals surface area contributed by atoms with Gasteiger partial charge in [0.05, 0.1) is 6.04 Å². The zero-order valence-corrected chi connectivity index (χ0v) is 15.1. The first-order chi connectivity index (χ1) is 11.3. The average Bonchev–Trinajstić information content (AvgIpc) is 3.04. The zero-order chi connectivity index (χ0) is 17.3. The number of benzene rings is 2. The highest BCUT2D eigenvalue weighted by molar-refractivity contribution is 5.82. The van der Waals surface area contributed by atoms with Gasteiger partial charge in [0.15, 0.2) is 5.82 Å². The fourth-order valence-electron chi connectivity index (χ4n) is 2.66.